The molecule has 1 heterocycles. The predicted molar refractivity (Wildman–Crippen MR) is 98.0 cm³/mol. The van der Waals surface area contributed by atoms with Gasteiger partial charge in [-0.05, 0) is 42.5 Å². The number of benzene rings is 3. The second kappa shape index (κ2) is 6.20. The van der Waals surface area contributed by atoms with Gasteiger partial charge in [-0.3, -0.25) is 4.79 Å². The summed E-state index contributed by atoms with van der Waals surface area (Å²) in [5.74, 6) is 0.485. The highest BCUT2D eigenvalue weighted by molar-refractivity contribution is 6.06. The van der Waals surface area contributed by atoms with Gasteiger partial charge in [0.25, 0.3) is 5.91 Å². The van der Waals surface area contributed by atoms with E-state index in [0.717, 1.165) is 16.6 Å². The van der Waals surface area contributed by atoms with Crippen LogP contribution in [0.15, 0.2) is 66.7 Å². The van der Waals surface area contributed by atoms with Crippen LogP contribution in [0, 0.1) is 0 Å². The summed E-state index contributed by atoms with van der Waals surface area (Å²) in [5.41, 5.74) is 4.30. The number of amides is 1. The minimum Gasteiger partial charge on any atom is -0.497 e. The Morgan fingerprint density at radius 2 is 1.56 bits per heavy atom. The molecule has 0 bridgehead atoms. The van der Waals surface area contributed by atoms with Gasteiger partial charge in [0, 0.05) is 17.3 Å². The molecule has 1 N–H and O–H groups in total. The summed E-state index contributed by atoms with van der Waals surface area (Å²) in [6.07, 6.45) is 0. The molecule has 4 aromatic rings. The molecule has 0 unspecified atom stereocenters. The molecule has 122 valence electrons. The standard InChI is InChI=1S/C20H15N3O2/c1-25-15-6-4-5-14(12-15)21-20(24)13-9-10-18-19(11-13)23-17-8-3-2-7-16(17)22-18/h2-12H,1H3,(H,21,24). The van der Waals surface area contributed by atoms with Gasteiger partial charge in [0.15, 0.2) is 0 Å². The van der Waals surface area contributed by atoms with Gasteiger partial charge < -0.3 is 10.1 Å². The number of carbonyl (C=O) groups excluding carboxylic acids is 1. The minimum absolute atomic E-state index is 0.204. The zero-order chi connectivity index (χ0) is 17.2. The van der Waals surface area contributed by atoms with Crippen LogP contribution in [-0.4, -0.2) is 23.0 Å². The van der Waals surface area contributed by atoms with Crippen molar-refractivity contribution >= 4 is 33.7 Å². The first-order valence-electron chi connectivity index (χ1n) is 7.85. The highest BCUT2D eigenvalue weighted by Crippen LogP contribution is 2.20. The molecule has 0 radical (unpaired) electrons. The van der Waals surface area contributed by atoms with Crippen LogP contribution < -0.4 is 10.1 Å². The number of hydrogen-bond acceptors (Lipinski definition) is 4. The van der Waals surface area contributed by atoms with E-state index in [4.69, 9.17) is 4.74 Å². The van der Waals surface area contributed by atoms with Gasteiger partial charge in [0.2, 0.25) is 0 Å². The van der Waals surface area contributed by atoms with E-state index in [1.54, 1.807) is 25.3 Å². The van der Waals surface area contributed by atoms with Crippen molar-refractivity contribution < 1.29 is 9.53 Å². The Kier molecular flexibility index (Phi) is 3.74. The summed E-state index contributed by atoms with van der Waals surface area (Å²) in [4.78, 5) is 21.7. The van der Waals surface area contributed by atoms with Crippen molar-refractivity contribution in [2.45, 2.75) is 0 Å². The third-order valence-corrected chi connectivity index (χ3v) is 3.93. The Hall–Kier alpha value is -3.47. The number of aromatic nitrogens is 2. The Balaban J connectivity index is 1.68. The third kappa shape index (κ3) is 2.99. The number of ether oxygens (including phenoxy) is 1. The van der Waals surface area contributed by atoms with E-state index in [1.165, 1.54) is 0 Å². The van der Waals surface area contributed by atoms with Gasteiger partial charge in [-0.2, -0.15) is 0 Å². The molecule has 0 fully saturated rings. The van der Waals surface area contributed by atoms with E-state index in [-0.39, 0.29) is 5.91 Å². The highest BCUT2D eigenvalue weighted by Gasteiger charge is 2.09. The fraction of sp³-hybridized carbons (Fsp3) is 0.0500. The zero-order valence-electron chi connectivity index (χ0n) is 13.6. The summed E-state index contributed by atoms with van der Waals surface area (Å²) in [6.45, 7) is 0. The number of para-hydroxylation sites is 2. The maximum atomic E-state index is 12.5. The smallest absolute Gasteiger partial charge is 0.255 e. The van der Waals surface area contributed by atoms with E-state index >= 15 is 0 Å². The lowest BCUT2D eigenvalue weighted by atomic mass is 10.1. The van der Waals surface area contributed by atoms with Gasteiger partial charge in [-0.25, -0.2) is 9.97 Å². The Bertz CT molecular complexity index is 1090. The Labute approximate surface area is 144 Å². The SMILES string of the molecule is COc1cccc(NC(=O)c2ccc3nc4ccccc4nc3c2)c1. The van der Waals surface area contributed by atoms with Gasteiger partial charge in [-0.15, -0.1) is 0 Å². The van der Waals surface area contributed by atoms with Crippen molar-refractivity contribution in [2.24, 2.45) is 0 Å². The molecule has 25 heavy (non-hydrogen) atoms. The Morgan fingerprint density at radius 1 is 0.840 bits per heavy atom. The molecule has 4 rings (SSSR count). The first-order valence-corrected chi connectivity index (χ1v) is 7.85. The van der Waals surface area contributed by atoms with E-state index in [0.29, 0.717) is 22.5 Å². The number of hydrogen-bond donors (Lipinski definition) is 1. The molecule has 0 atom stereocenters. The van der Waals surface area contributed by atoms with Crippen molar-refractivity contribution in [1.82, 2.24) is 9.97 Å². The van der Waals surface area contributed by atoms with E-state index in [2.05, 4.69) is 15.3 Å². The highest BCUT2D eigenvalue weighted by atomic mass is 16.5. The molecule has 5 nitrogen and oxygen atoms in total. The molecule has 1 amide bonds. The molecule has 0 aliphatic heterocycles. The third-order valence-electron chi connectivity index (χ3n) is 3.93. The predicted octanol–water partition coefficient (Wildman–Crippen LogP) is 4.04. The van der Waals surface area contributed by atoms with Crippen molar-refractivity contribution in [3.8, 4) is 5.75 Å². The summed E-state index contributed by atoms with van der Waals surface area (Å²) in [5, 5.41) is 2.87. The minimum atomic E-state index is -0.204. The summed E-state index contributed by atoms with van der Waals surface area (Å²) in [6, 6.07) is 20.2. The fourth-order valence-electron chi connectivity index (χ4n) is 2.67. The molecule has 5 heteroatoms. The molecular formula is C20H15N3O2. The van der Waals surface area contributed by atoms with E-state index in [9.17, 15) is 4.79 Å². The number of methoxy groups -OCH3 is 1. The molecule has 0 saturated carbocycles. The maximum absolute atomic E-state index is 12.5. The molecule has 3 aromatic carbocycles. The lowest BCUT2D eigenvalue weighted by molar-refractivity contribution is 0.102. The summed E-state index contributed by atoms with van der Waals surface area (Å²) < 4.78 is 5.17. The number of fused-ring (bicyclic) bond motifs is 2. The van der Waals surface area contributed by atoms with Crippen LogP contribution in [0.3, 0.4) is 0 Å². The quantitative estimate of drug-likeness (QED) is 0.576. The largest absolute Gasteiger partial charge is 0.497 e. The molecule has 0 aliphatic rings. The number of nitrogens with one attached hydrogen (secondary N) is 1. The number of anilines is 1. The van der Waals surface area contributed by atoms with Gasteiger partial charge >= 0.3 is 0 Å². The van der Waals surface area contributed by atoms with Crippen LogP contribution in [-0.2, 0) is 0 Å². The van der Waals surface area contributed by atoms with E-state index < -0.39 is 0 Å². The van der Waals surface area contributed by atoms with Crippen LogP contribution >= 0.6 is 0 Å². The lowest BCUT2D eigenvalue weighted by Gasteiger charge is -2.08. The number of carbonyl (C=O) groups is 1. The maximum Gasteiger partial charge on any atom is 0.255 e. The summed E-state index contributed by atoms with van der Waals surface area (Å²) in [7, 11) is 1.59. The first kappa shape index (κ1) is 15.1. The van der Waals surface area contributed by atoms with Crippen molar-refractivity contribution in [3.63, 3.8) is 0 Å². The monoisotopic (exact) mass is 329 g/mol. The first-order chi connectivity index (χ1) is 12.2. The van der Waals surface area contributed by atoms with Crippen LogP contribution in [0.4, 0.5) is 5.69 Å². The second-order valence-corrected chi connectivity index (χ2v) is 5.60. The van der Waals surface area contributed by atoms with Crippen LogP contribution in [0.1, 0.15) is 10.4 Å². The zero-order valence-corrected chi connectivity index (χ0v) is 13.6. The summed E-state index contributed by atoms with van der Waals surface area (Å²) >= 11 is 0. The average Bonchev–Trinajstić information content (AvgIpc) is 2.66. The van der Waals surface area contributed by atoms with Crippen LogP contribution in [0.25, 0.3) is 22.1 Å². The molecule has 1 aromatic heterocycles. The van der Waals surface area contributed by atoms with Gasteiger partial charge in [0.1, 0.15) is 5.75 Å². The lowest BCUT2D eigenvalue weighted by Crippen LogP contribution is -2.12. The molecule has 0 aliphatic carbocycles. The topological polar surface area (TPSA) is 64.1 Å². The average molecular weight is 329 g/mol. The molecule has 0 saturated heterocycles. The van der Waals surface area contributed by atoms with Crippen LogP contribution in [0.5, 0.6) is 5.75 Å². The van der Waals surface area contributed by atoms with Crippen molar-refractivity contribution in [2.75, 3.05) is 12.4 Å². The molecular weight excluding hydrogens is 314 g/mol. The fourth-order valence-corrected chi connectivity index (χ4v) is 2.67. The van der Waals surface area contributed by atoms with Crippen LogP contribution in [0.2, 0.25) is 0 Å². The normalized spacial score (nSPS) is 10.8. The molecule has 0 spiro atoms. The number of rotatable bonds is 3. The Morgan fingerprint density at radius 3 is 2.32 bits per heavy atom. The van der Waals surface area contributed by atoms with Gasteiger partial charge in [-0.1, -0.05) is 18.2 Å². The second-order valence-electron chi connectivity index (χ2n) is 5.60. The van der Waals surface area contributed by atoms with Crippen molar-refractivity contribution in [3.05, 3.63) is 72.3 Å². The number of nitrogens with zero attached hydrogens (tertiary/aromatic N) is 2. The van der Waals surface area contributed by atoms with Crippen molar-refractivity contribution in [1.29, 1.82) is 0 Å². The van der Waals surface area contributed by atoms with E-state index in [1.807, 2.05) is 48.5 Å². The van der Waals surface area contributed by atoms with Gasteiger partial charge in [0.05, 0.1) is 29.2 Å².